The van der Waals surface area contributed by atoms with Gasteiger partial charge in [-0.1, -0.05) is 12.1 Å². The molecular weight excluding hydrogens is 389 g/mol. The summed E-state index contributed by atoms with van der Waals surface area (Å²) in [5, 5.41) is 2.87. The predicted molar refractivity (Wildman–Crippen MR) is 111 cm³/mol. The van der Waals surface area contributed by atoms with Gasteiger partial charge in [0.15, 0.2) is 0 Å². The third kappa shape index (κ3) is 7.87. The molecule has 0 saturated heterocycles. The van der Waals surface area contributed by atoms with Gasteiger partial charge in [0, 0.05) is 25.7 Å². The third-order valence-corrected chi connectivity index (χ3v) is 4.23. The van der Waals surface area contributed by atoms with E-state index in [-0.39, 0.29) is 43.9 Å². The van der Waals surface area contributed by atoms with Crippen molar-refractivity contribution in [2.75, 3.05) is 26.8 Å². The van der Waals surface area contributed by atoms with Gasteiger partial charge in [0.05, 0.1) is 19.4 Å². The van der Waals surface area contributed by atoms with Gasteiger partial charge >= 0.3 is 6.03 Å². The van der Waals surface area contributed by atoms with E-state index in [9.17, 15) is 14.0 Å². The number of ether oxygens (including phenoxy) is 1. The van der Waals surface area contributed by atoms with Crippen molar-refractivity contribution < 1.29 is 23.1 Å². The molecule has 7 nitrogen and oxygen atoms in total. The summed E-state index contributed by atoms with van der Waals surface area (Å²) in [6, 6.07) is 9.16. The van der Waals surface area contributed by atoms with E-state index in [1.54, 1.807) is 36.3 Å². The standard InChI is InChI=1S/C22H30FN3O4/c1-22(2,3)24-21(28)25(11-13-29-4)16-20(27)26(15-19-6-5-12-30-19)14-17-7-9-18(23)10-8-17/h5-10,12H,11,13-16H2,1-4H3,(H,24,28). The zero-order chi connectivity index (χ0) is 22.1. The highest BCUT2D eigenvalue weighted by atomic mass is 19.1. The quantitative estimate of drug-likeness (QED) is 0.676. The van der Waals surface area contributed by atoms with E-state index in [1.165, 1.54) is 23.3 Å². The van der Waals surface area contributed by atoms with Gasteiger partial charge in [-0.3, -0.25) is 4.79 Å². The van der Waals surface area contributed by atoms with E-state index in [1.807, 2.05) is 20.8 Å². The molecule has 1 aromatic carbocycles. The number of carbonyl (C=O) groups excluding carboxylic acids is 2. The van der Waals surface area contributed by atoms with Crippen molar-refractivity contribution >= 4 is 11.9 Å². The first-order valence-corrected chi connectivity index (χ1v) is 9.78. The van der Waals surface area contributed by atoms with Gasteiger partial charge < -0.3 is 24.3 Å². The number of carbonyl (C=O) groups is 2. The lowest BCUT2D eigenvalue weighted by Crippen LogP contribution is -2.52. The van der Waals surface area contributed by atoms with Crippen LogP contribution in [0.4, 0.5) is 9.18 Å². The average molecular weight is 419 g/mol. The lowest BCUT2D eigenvalue weighted by atomic mass is 10.1. The van der Waals surface area contributed by atoms with Crippen molar-refractivity contribution in [1.82, 2.24) is 15.1 Å². The Hall–Kier alpha value is -2.87. The fraction of sp³-hybridized carbons (Fsp3) is 0.455. The van der Waals surface area contributed by atoms with Crippen LogP contribution in [0.1, 0.15) is 32.1 Å². The van der Waals surface area contributed by atoms with Crippen molar-refractivity contribution in [3.63, 3.8) is 0 Å². The van der Waals surface area contributed by atoms with Crippen LogP contribution in [0.2, 0.25) is 0 Å². The Morgan fingerprint density at radius 1 is 1.10 bits per heavy atom. The average Bonchev–Trinajstić information content (AvgIpc) is 3.17. The minimum atomic E-state index is -0.437. The summed E-state index contributed by atoms with van der Waals surface area (Å²) in [7, 11) is 1.54. The molecule has 164 valence electrons. The van der Waals surface area contributed by atoms with E-state index in [0.29, 0.717) is 12.4 Å². The number of benzene rings is 1. The van der Waals surface area contributed by atoms with Gasteiger partial charge in [-0.25, -0.2) is 9.18 Å². The molecule has 0 aliphatic rings. The van der Waals surface area contributed by atoms with Gasteiger partial charge in [-0.15, -0.1) is 0 Å². The molecule has 1 N–H and O–H groups in total. The van der Waals surface area contributed by atoms with Gasteiger partial charge in [-0.05, 0) is 50.6 Å². The van der Waals surface area contributed by atoms with Crippen LogP contribution in [0.3, 0.4) is 0 Å². The van der Waals surface area contributed by atoms with E-state index in [4.69, 9.17) is 9.15 Å². The van der Waals surface area contributed by atoms with Crippen molar-refractivity contribution in [2.24, 2.45) is 0 Å². The molecule has 1 aromatic heterocycles. The third-order valence-electron chi connectivity index (χ3n) is 4.23. The van der Waals surface area contributed by atoms with E-state index in [0.717, 1.165) is 5.56 Å². The van der Waals surface area contributed by atoms with Crippen molar-refractivity contribution in [3.05, 3.63) is 59.8 Å². The highest BCUT2D eigenvalue weighted by Crippen LogP contribution is 2.13. The summed E-state index contributed by atoms with van der Waals surface area (Å²) < 4.78 is 23.7. The molecule has 0 atom stereocenters. The van der Waals surface area contributed by atoms with Crippen LogP contribution in [-0.4, -0.2) is 54.1 Å². The molecule has 0 unspecified atom stereocenters. The first kappa shape index (κ1) is 23.4. The predicted octanol–water partition coefficient (Wildman–Crippen LogP) is 3.40. The number of nitrogens with zero attached hydrogens (tertiary/aromatic N) is 2. The fourth-order valence-corrected chi connectivity index (χ4v) is 2.75. The summed E-state index contributed by atoms with van der Waals surface area (Å²) in [4.78, 5) is 28.8. The highest BCUT2D eigenvalue weighted by Gasteiger charge is 2.24. The monoisotopic (exact) mass is 419 g/mol. The summed E-state index contributed by atoms with van der Waals surface area (Å²) in [5.41, 5.74) is 0.340. The molecule has 0 bridgehead atoms. The Bertz CT molecular complexity index is 801. The normalized spacial score (nSPS) is 11.2. The van der Waals surface area contributed by atoms with Crippen LogP contribution in [-0.2, 0) is 22.6 Å². The molecule has 0 radical (unpaired) electrons. The van der Waals surface area contributed by atoms with Crippen LogP contribution in [0, 0.1) is 5.82 Å². The number of amides is 3. The molecule has 2 rings (SSSR count). The molecule has 8 heteroatoms. The topological polar surface area (TPSA) is 75.0 Å². The Morgan fingerprint density at radius 3 is 2.37 bits per heavy atom. The molecule has 3 amide bonds. The first-order chi connectivity index (χ1) is 14.2. The van der Waals surface area contributed by atoms with Crippen molar-refractivity contribution in [1.29, 1.82) is 0 Å². The second-order valence-electron chi connectivity index (χ2n) is 8.05. The molecule has 0 fully saturated rings. The zero-order valence-corrected chi connectivity index (χ0v) is 18.0. The van der Waals surface area contributed by atoms with Crippen LogP contribution < -0.4 is 5.32 Å². The number of methoxy groups -OCH3 is 1. The summed E-state index contributed by atoms with van der Waals surface area (Å²) in [5.74, 6) is 0.0242. The lowest BCUT2D eigenvalue weighted by Gasteiger charge is -2.30. The number of hydrogen-bond donors (Lipinski definition) is 1. The minimum Gasteiger partial charge on any atom is -0.467 e. The van der Waals surface area contributed by atoms with Crippen LogP contribution in [0.15, 0.2) is 47.1 Å². The zero-order valence-electron chi connectivity index (χ0n) is 18.0. The van der Waals surface area contributed by atoms with E-state index >= 15 is 0 Å². The fourth-order valence-electron chi connectivity index (χ4n) is 2.75. The van der Waals surface area contributed by atoms with E-state index in [2.05, 4.69) is 5.32 Å². The summed E-state index contributed by atoms with van der Waals surface area (Å²) >= 11 is 0. The Balaban J connectivity index is 2.16. The minimum absolute atomic E-state index is 0.118. The van der Waals surface area contributed by atoms with Gasteiger partial charge in [0.2, 0.25) is 5.91 Å². The number of hydrogen-bond acceptors (Lipinski definition) is 4. The number of halogens is 1. The lowest BCUT2D eigenvalue weighted by molar-refractivity contribution is -0.133. The highest BCUT2D eigenvalue weighted by molar-refractivity contribution is 5.84. The van der Waals surface area contributed by atoms with Crippen molar-refractivity contribution in [2.45, 2.75) is 39.4 Å². The molecule has 2 aromatic rings. The van der Waals surface area contributed by atoms with Crippen LogP contribution >= 0.6 is 0 Å². The van der Waals surface area contributed by atoms with Gasteiger partial charge in [0.25, 0.3) is 0 Å². The molecule has 0 saturated carbocycles. The molecular formula is C22H30FN3O4. The second-order valence-corrected chi connectivity index (χ2v) is 8.05. The van der Waals surface area contributed by atoms with Gasteiger partial charge in [-0.2, -0.15) is 0 Å². The number of urea groups is 1. The maximum absolute atomic E-state index is 13.2. The van der Waals surface area contributed by atoms with Gasteiger partial charge in [0.1, 0.15) is 18.1 Å². The number of rotatable bonds is 9. The van der Waals surface area contributed by atoms with Crippen LogP contribution in [0.5, 0.6) is 0 Å². The molecule has 30 heavy (non-hydrogen) atoms. The largest absolute Gasteiger partial charge is 0.467 e. The Labute approximate surface area is 176 Å². The summed E-state index contributed by atoms with van der Waals surface area (Å²) in [6.07, 6.45) is 1.54. The van der Waals surface area contributed by atoms with Crippen molar-refractivity contribution in [3.8, 4) is 0 Å². The SMILES string of the molecule is COCCN(CC(=O)N(Cc1ccc(F)cc1)Cc1ccco1)C(=O)NC(C)(C)C. The molecule has 1 heterocycles. The summed E-state index contributed by atoms with van der Waals surface area (Å²) in [6.45, 7) is 6.58. The maximum atomic E-state index is 13.2. The van der Waals surface area contributed by atoms with E-state index < -0.39 is 5.54 Å². The smallest absolute Gasteiger partial charge is 0.318 e. The Kier molecular flexibility index (Phi) is 8.41. The van der Waals surface area contributed by atoms with Crippen LogP contribution in [0.25, 0.3) is 0 Å². The first-order valence-electron chi connectivity index (χ1n) is 9.78. The maximum Gasteiger partial charge on any atom is 0.318 e. The molecule has 0 spiro atoms. The molecule has 0 aliphatic carbocycles. The Morgan fingerprint density at radius 2 is 1.80 bits per heavy atom. The number of nitrogens with one attached hydrogen (secondary N) is 1. The number of furan rings is 1. The molecule has 0 aliphatic heterocycles. The second kappa shape index (κ2) is 10.8.